The first-order valence-corrected chi connectivity index (χ1v) is 8.45. The van der Waals surface area contributed by atoms with Crippen molar-refractivity contribution in [1.29, 1.82) is 0 Å². The lowest BCUT2D eigenvalue weighted by molar-refractivity contribution is 0.425. The smallest absolute Gasteiger partial charge is 0.208 e. The van der Waals surface area contributed by atoms with Gasteiger partial charge in [0.15, 0.2) is 0 Å². The van der Waals surface area contributed by atoms with E-state index < -0.39 is 26.6 Å². The van der Waals surface area contributed by atoms with Gasteiger partial charge in [-0.1, -0.05) is 32.1 Å². The molecule has 0 spiro atoms. The van der Waals surface area contributed by atoms with Crippen LogP contribution < -0.4 is 4.72 Å². The number of hydrogen-bond acceptors (Lipinski definition) is 2. The van der Waals surface area contributed by atoms with Gasteiger partial charge in [0.05, 0.1) is 0 Å². The SMILES string of the molecule is O=S(=O)(NC1CCCCCCC1)c1cc(F)ccc1F. The normalized spacial score (nSPS) is 18.5. The molecular formula is C14H19F2NO2S. The van der Waals surface area contributed by atoms with E-state index in [-0.39, 0.29) is 6.04 Å². The monoisotopic (exact) mass is 303 g/mol. The summed E-state index contributed by atoms with van der Waals surface area (Å²) in [6.45, 7) is 0. The molecule has 1 saturated carbocycles. The van der Waals surface area contributed by atoms with Crippen LogP contribution in [0.15, 0.2) is 23.1 Å². The van der Waals surface area contributed by atoms with Gasteiger partial charge >= 0.3 is 0 Å². The second kappa shape index (κ2) is 6.63. The molecule has 0 amide bonds. The largest absolute Gasteiger partial charge is 0.243 e. The van der Waals surface area contributed by atoms with Crippen LogP contribution in [-0.4, -0.2) is 14.5 Å². The number of sulfonamides is 1. The predicted molar refractivity (Wildman–Crippen MR) is 72.8 cm³/mol. The maximum Gasteiger partial charge on any atom is 0.243 e. The third kappa shape index (κ3) is 3.99. The summed E-state index contributed by atoms with van der Waals surface area (Å²) in [7, 11) is -4.01. The lowest BCUT2D eigenvalue weighted by Crippen LogP contribution is -2.35. The molecule has 0 atom stereocenters. The first-order valence-electron chi connectivity index (χ1n) is 6.96. The van der Waals surface area contributed by atoms with Gasteiger partial charge in [0.2, 0.25) is 10.0 Å². The van der Waals surface area contributed by atoms with Gasteiger partial charge in [-0.3, -0.25) is 0 Å². The number of benzene rings is 1. The summed E-state index contributed by atoms with van der Waals surface area (Å²) in [5.41, 5.74) is 0. The molecule has 1 aromatic rings. The quantitative estimate of drug-likeness (QED) is 0.930. The van der Waals surface area contributed by atoms with Crippen LogP contribution >= 0.6 is 0 Å². The van der Waals surface area contributed by atoms with Crippen molar-refractivity contribution in [1.82, 2.24) is 4.72 Å². The van der Waals surface area contributed by atoms with Crippen LogP contribution in [0, 0.1) is 11.6 Å². The van der Waals surface area contributed by atoms with Crippen LogP contribution in [-0.2, 0) is 10.0 Å². The van der Waals surface area contributed by atoms with E-state index in [1.165, 1.54) is 6.42 Å². The molecule has 3 nitrogen and oxygen atoms in total. The number of rotatable bonds is 3. The highest BCUT2D eigenvalue weighted by Gasteiger charge is 2.24. The maximum atomic E-state index is 13.6. The molecule has 2 rings (SSSR count). The Morgan fingerprint density at radius 1 is 1.00 bits per heavy atom. The first-order chi connectivity index (χ1) is 9.49. The molecule has 1 aliphatic rings. The third-order valence-electron chi connectivity index (χ3n) is 3.61. The molecule has 0 aliphatic heterocycles. The van der Waals surface area contributed by atoms with Gasteiger partial charge in [-0.25, -0.2) is 21.9 Å². The molecule has 0 heterocycles. The zero-order chi connectivity index (χ0) is 14.6. The lowest BCUT2D eigenvalue weighted by atomic mass is 9.97. The molecule has 112 valence electrons. The molecule has 0 bridgehead atoms. The molecule has 1 fully saturated rings. The van der Waals surface area contributed by atoms with Crippen molar-refractivity contribution < 1.29 is 17.2 Å². The van der Waals surface area contributed by atoms with Crippen molar-refractivity contribution in [3.63, 3.8) is 0 Å². The van der Waals surface area contributed by atoms with Gasteiger partial charge in [0.25, 0.3) is 0 Å². The van der Waals surface area contributed by atoms with Gasteiger partial charge in [0, 0.05) is 6.04 Å². The second-order valence-electron chi connectivity index (χ2n) is 5.24. The van der Waals surface area contributed by atoms with Crippen LogP contribution in [0.25, 0.3) is 0 Å². The Balaban J connectivity index is 2.15. The van der Waals surface area contributed by atoms with Gasteiger partial charge in [-0.05, 0) is 31.0 Å². The summed E-state index contributed by atoms with van der Waals surface area (Å²) in [5, 5.41) is 0. The molecule has 0 aromatic heterocycles. The Kier molecular flexibility index (Phi) is 5.10. The summed E-state index contributed by atoms with van der Waals surface area (Å²) in [4.78, 5) is -0.612. The minimum atomic E-state index is -4.01. The summed E-state index contributed by atoms with van der Waals surface area (Å²) in [6.07, 6.45) is 6.76. The maximum absolute atomic E-state index is 13.6. The topological polar surface area (TPSA) is 46.2 Å². The fraction of sp³-hybridized carbons (Fsp3) is 0.571. The van der Waals surface area contributed by atoms with Gasteiger partial charge in [0.1, 0.15) is 16.5 Å². The number of nitrogens with one attached hydrogen (secondary N) is 1. The highest BCUT2D eigenvalue weighted by Crippen LogP contribution is 2.21. The standard InChI is InChI=1S/C14H19F2NO2S/c15-11-8-9-13(16)14(10-11)20(18,19)17-12-6-4-2-1-3-5-7-12/h8-10,12,17H,1-7H2. The molecule has 0 radical (unpaired) electrons. The van der Waals surface area contributed by atoms with Crippen LogP contribution in [0.5, 0.6) is 0 Å². The van der Waals surface area contributed by atoms with E-state index in [2.05, 4.69) is 4.72 Å². The fourth-order valence-corrected chi connectivity index (χ4v) is 3.93. The van der Waals surface area contributed by atoms with Crippen molar-refractivity contribution in [2.45, 2.75) is 55.9 Å². The second-order valence-corrected chi connectivity index (χ2v) is 6.92. The Morgan fingerprint density at radius 3 is 2.25 bits per heavy atom. The van der Waals surface area contributed by atoms with E-state index in [0.29, 0.717) is 0 Å². The molecule has 20 heavy (non-hydrogen) atoms. The van der Waals surface area contributed by atoms with Gasteiger partial charge in [-0.15, -0.1) is 0 Å². The minimum Gasteiger partial charge on any atom is -0.208 e. The van der Waals surface area contributed by atoms with E-state index in [9.17, 15) is 17.2 Å². The Bertz CT molecular complexity index is 552. The summed E-state index contributed by atoms with van der Waals surface area (Å²) in [5.74, 6) is -1.69. The van der Waals surface area contributed by atoms with Gasteiger partial charge in [-0.2, -0.15) is 0 Å². The van der Waals surface area contributed by atoms with Crippen LogP contribution in [0.4, 0.5) is 8.78 Å². The van der Waals surface area contributed by atoms with Crippen LogP contribution in [0.3, 0.4) is 0 Å². The summed E-state index contributed by atoms with van der Waals surface area (Å²) < 4.78 is 53.5. The summed E-state index contributed by atoms with van der Waals surface area (Å²) in [6, 6.07) is 2.27. The van der Waals surface area contributed by atoms with Gasteiger partial charge < -0.3 is 0 Å². The zero-order valence-corrected chi connectivity index (χ0v) is 12.1. The predicted octanol–water partition coefficient (Wildman–Crippen LogP) is 3.36. The molecule has 1 aliphatic carbocycles. The molecule has 6 heteroatoms. The van der Waals surface area contributed by atoms with E-state index in [1.54, 1.807) is 0 Å². The van der Waals surface area contributed by atoms with Crippen molar-refractivity contribution in [2.24, 2.45) is 0 Å². The first kappa shape index (κ1) is 15.4. The molecule has 0 unspecified atom stereocenters. The number of hydrogen-bond donors (Lipinski definition) is 1. The van der Waals surface area contributed by atoms with Crippen molar-refractivity contribution in [3.05, 3.63) is 29.8 Å². The molecular weight excluding hydrogens is 284 g/mol. The van der Waals surface area contributed by atoms with E-state index in [4.69, 9.17) is 0 Å². The van der Waals surface area contributed by atoms with E-state index >= 15 is 0 Å². The van der Waals surface area contributed by atoms with Crippen molar-refractivity contribution in [2.75, 3.05) is 0 Å². The molecule has 1 aromatic carbocycles. The van der Waals surface area contributed by atoms with Crippen LogP contribution in [0.1, 0.15) is 44.9 Å². The zero-order valence-electron chi connectivity index (χ0n) is 11.2. The lowest BCUT2D eigenvalue weighted by Gasteiger charge is -2.21. The average Bonchev–Trinajstić information content (AvgIpc) is 2.35. The molecule has 0 saturated heterocycles. The highest BCUT2D eigenvalue weighted by atomic mass is 32.2. The van der Waals surface area contributed by atoms with E-state index in [0.717, 1.165) is 56.7 Å². The van der Waals surface area contributed by atoms with Crippen molar-refractivity contribution >= 4 is 10.0 Å². The Morgan fingerprint density at radius 2 is 1.60 bits per heavy atom. The highest BCUT2D eigenvalue weighted by molar-refractivity contribution is 7.89. The van der Waals surface area contributed by atoms with Crippen molar-refractivity contribution in [3.8, 4) is 0 Å². The Hall–Kier alpha value is -1.01. The number of halogens is 2. The fourth-order valence-electron chi connectivity index (χ4n) is 2.54. The minimum absolute atomic E-state index is 0.192. The van der Waals surface area contributed by atoms with Crippen LogP contribution in [0.2, 0.25) is 0 Å². The molecule has 1 N–H and O–H groups in total. The summed E-state index contributed by atoms with van der Waals surface area (Å²) >= 11 is 0. The average molecular weight is 303 g/mol. The third-order valence-corrected chi connectivity index (χ3v) is 5.15. The van der Waals surface area contributed by atoms with E-state index in [1.807, 2.05) is 0 Å². The Labute approximate surface area is 118 Å².